The van der Waals surface area contributed by atoms with Crippen molar-refractivity contribution in [3.63, 3.8) is 0 Å². The number of carbonyl (C=O) groups is 1. The lowest BCUT2D eigenvalue weighted by molar-refractivity contribution is -0.144. The number of hydrogen-bond acceptors (Lipinski definition) is 2. The summed E-state index contributed by atoms with van der Waals surface area (Å²) in [7, 11) is 0. The van der Waals surface area contributed by atoms with Gasteiger partial charge in [-0.05, 0) is 31.7 Å². The zero-order valence-corrected chi connectivity index (χ0v) is 8.74. The molecule has 3 N–H and O–H groups in total. The highest BCUT2D eigenvalue weighted by Gasteiger charge is 2.27. The largest absolute Gasteiger partial charge is 0.481 e. The van der Waals surface area contributed by atoms with Crippen molar-refractivity contribution in [1.82, 2.24) is 0 Å². The fraction of sp³-hybridized carbons (Fsp3) is 0.909. The quantitative estimate of drug-likeness (QED) is 0.681. The maximum atomic E-state index is 11.0. The molecule has 0 saturated heterocycles. The van der Waals surface area contributed by atoms with Crippen LogP contribution in [0.3, 0.4) is 0 Å². The highest BCUT2D eigenvalue weighted by Crippen LogP contribution is 2.30. The molecule has 3 nitrogen and oxygen atoms in total. The molecule has 14 heavy (non-hydrogen) atoms. The molecule has 1 unspecified atom stereocenters. The van der Waals surface area contributed by atoms with Crippen molar-refractivity contribution in [1.29, 1.82) is 0 Å². The van der Waals surface area contributed by atoms with Gasteiger partial charge in [0.05, 0.1) is 5.92 Å². The summed E-state index contributed by atoms with van der Waals surface area (Å²) in [6.07, 6.45) is 7.73. The highest BCUT2D eigenvalue weighted by atomic mass is 16.4. The predicted molar refractivity (Wildman–Crippen MR) is 56.0 cm³/mol. The van der Waals surface area contributed by atoms with Gasteiger partial charge in [0.25, 0.3) is 0 Å². The van der Waals surface area contributed by atoms with E-state index in [-0.39, 0.29) is 5.92 Å². The second-order valence-electron chi connectivity index (χ2n) is 4.27. The Morgan fingerprint density at radius 3 is 2.29 bits per heavy atom. The van der Waals surface area contributed by atoms with E-state index in [0.29, 0.717) is 18.9 Å². The van der Waals surface area contributed by atoms with Crippen LogP contribution in [0.15, 0.2) is 0 Å². The molecule has 82 valence electrons. The van der Waals surface area contributed by atoms with Crippen LogP contribution in [0.25, 0.3) is 0 Å². The molecule has 3 heteroatoms. The number of carboxylic acid groups (broad SMARTS) is 1. The molecular weight excluding hydrogens is 178 g/mol. The van der Waals surface area contributed by atoms with E-state index < -0.39 is 5.97 Å². The van der Waals surface area contributed by atoms with Gasteiger partial charge in [-0.25, -0.2) is 0 Å². The van der Waals surface area contributed by atoms with E-state index >= 15 is 0 Å². The van der Waals surface area contributed by atoms with Crippen LogP contribution < -0.4 is 5.73 Å². The van der Waals surface area contributed by atoms with Crippen LogP contribution in [0.4, 0.5) is 0 Å². The summed E-state index contributed by atoms with van der Waals surface area (Å²) in [6.45, 7) is 0.494. The van der Waals surface area contributed by atoms with E-state index in [2.05, 4.69) is 0 Å². The summed E-state index contributed by atoms with van der Waals surface area (Å²) >= 11 is 0. The molecule has 0 aromatic carbocycles. The first-order chi connectivity index (χ1) is 6.75. The zero-order valence-electron chi connectivity index (χ0n) is 8.74. The number of hydrogen-bond donors (Lipinski definition) is 2. The zero-order chi connectivity index (χ0) is 10.4. The third-order valence-corrected chi connectivity index (χ3v) is 3.26. The molecule has 0 aliphatic heterocycles. The topological polar surface area (TPSA) is 63.3 Å². The van der Waals surface area contributed by atoms with Gasteiger partial charge in [0.15, 0.2) is 0 Å². The minimum absolute atomic E-state index is 0.196. The van der Waals surface area contributed by atoms with Gasteiger partial charge in [-0.15, -0.1) is 0 Å². The molecule has 0 amide bonds. The molecule has 0 spiro atoms. The van der Waals surface area contributed by atoms with Crippen LogP contribution in [-0.2, 0) is 4.79 Å². The molecule has 0 heterocycles. The average molecular weight is 199 g/mol. The van der Waals surface area contributed by atoms with E-state index in [4.69, 9.17) is 10.8 Å². The van der Waals surface area contributed by atoms with Gasteiger partial charge < -0.3 is 10.8 Å². The normalized spacial score (nSPS) is 21.5. The number of nitrogens with two attached hydrogens (primary N) is 1. The Bertz CT molecular complexity index is 174. The summed E-state index contributed by atoms with van der Waals surface area (Å²) < 4.78 is 0. The average Bonchev–Trinajstić information content (AvgIpc) is 2.41. The fourth-order valence-corrected chi connectivity index (χ4v) is 2.45. The van der Waals surface area contributed by atoms with Crippen LogP contribution in [0.2, 0.25) is 0 Å². The molecule has 1 aliphatic carbocycles. The van der Waals surface area contributed by atoms with Crippen molar-refractivity contribution >= 4 is 5.97 Å². The molecule has 0 aromatic heterocycles. The van der Waals surface area contributed by atoms with Crippen molar-refractivity contribution < 1.29 is 9.90 Å². The third kappa shape index (κ3) is 3.29. The van der Waals surface area contributed by atoms with E-state index in [0.717, 1.165) is 12.8 Å². The van der Waals surface area contributed by atoms with Crippen LogP contribution in [0.1, 0.15) is 44.9 Å². The first-order valence-electron chi connectivity index (χ1n) is 5.68. The maximum absolute atomic E-state index is 11.0. The Balaban J connectivity index is 2.51. The second kappa shape index (κ2) is 6.02. The van der Waals surface area contributed by atoms with Crippen LogP contribution in [0.5, 0.6) is 0 Å². The Kier molecular flexibility index (Phi) is 4.94. The van der Waals surface area contributed by atoms with Crippen LogP contribution in [-0.4, -0.2) is 17.6 Å². The predicted octanol–water partition coefficient (Wildman–Crippen LogP) is 2.01. The first-order valence-corrected chi connectivity index (χ1v) is 5.68. The Hall–Kier alpha value is -0.570. The molecule has 1 rings (SSSR count). The van der Waals surface area contributed by atoms with Gasteiger partial charge >= 0.3 is 5.97 Å². The molecule has 0 radical (unpaired) electrons. The second-order valence-corrected chi connectivity index (χ2v) is 4.27. The van der Waals surface area contributed by atoms with E-state index in [1.807, 2.05) is 0 Å². The minimum Gasteiger partial charge on any atom is -0.481 e. The van der Waals surface area contributed by atoms with Crippen molar-refractivity contribution in [3.8, 4) is 0 Å². The van der Waals surface area contributed by atoms with E-state index in [1.54, 1.807) is 0 Å². The van der Waals surface area contributed by atoms with Crippen LogP contribution in [0, 0.1) is 11.8 Å². The van der Waals surface area contributed by atoms with Crippen LogP contribution >= 0.6 is 0 Å². The smallest absolute Gasteiger partial charge is 0.306 e. The van der Waals surface area contributed by atoms with Gasteiger partial charge in [-0.2, -0.15) is 0 Å². The number of rotatable bonds is 4. The van der Waals surface area contributed by atoms with Gasteiger partial charge in [-0.1, -0.05) is 25.7 Å². The minimum atomic E-state index is -0.651. The summed E-state index contributed by atoms with van der Waals surface area (Å²) in [4.78, 5) is 11.0. The lowest BCUT2D eigenvalue weighted by Gasteiger charge is -2.21. The molecule has 0 aromatic rings. The van der Waals surface area contributed by atoms with Crippen molar-refractivity contribution in [2.75, 3.05) is 6.54 Å². The summed E-state index contributed by atoms with van der Waals surface area (Å²) in [5, 5.41) is 9.09. The first kappa shape index (κ1) is 11.5. The number of aliphatic carboxylic acids is 1. The fourth-order valence-electron chi connectivity index (χ4n) is 2.45. The van der Waals surface area contributed by atoms with E-state index in [1.165, 1.54) is 25.7 Å². The monoisotopic (exact) mass is 199 g/mol. The third-order valence-electron chi connectivity index (χ3n) is 3.26. The van der Waals surface area contributed by atoms with Gasteiger partial charge in [-0.3, -0.25) is 4.79 Å². The molecule has 1 saturated carbocycles. The van der Waals surface area contributed by atoms with Gasteiger partial charge in [0.1, 0.15) is 0 Å². The summed E-state index contributed by atoms with van der Waals surface area (Å²) in [6, 6.07) is 0. The number of carboxylic acids is 1. The summed E-state index contributed by atoms with van der Waals surface area (Å²) in [5.41, 5.74) is 5.45. The maximum Gasteiger partial charge on any atom is 0.306 e. The van der Waals surface area contributed by atoms with Crippen molar-refractivity contribution in [2.24, 2.45) is 17.6 Å². The SMILES string of the molecule is NCCC(C(=O)O)C1CCCCCC1. The van der Waals surface area contributed by atoms with Crippen molar-refractivity contribution in [3.05, 3.63) is 0 Å². The standard InChI is InChI=1S/C11H21NO2/c12-8-7-10(11(13)14)9-5-3-1-2-4-6-9/h9-10H,1-8,12H2,(H,13,14). The Morgan fingerprint density at radius 2 is 1.86 bits per heavy atom. The van der Waals surface area contributed by atoms with Gasteiger partial charge in [0.2, 0.25) is 0 Å². The molecule has 1 fully saturated rings. The van der Waals surface area contributed by atoms with Gasteiger partial charge in [0, 0.05) is 0 Å². The Morgan fingerprint density at radius 1 is 1.29 bits per heavy atom. The summed E-state index contributed by atoms with van der Waals surface area (Å²) in [5.74, 6) is -0.473. The van der Waals surface area contributed by atoms with Crippen molar-refractivity contribution in [2.45, 2.75) is 44.9 Å². The lowest BCUT2D eigenvalue weighted by atomic mass is 9.84. The molecule has 1 atom stereocenters. The molecule has 1 aliphatic rings. The highest BCUT2D eigenvalue weighted by molar-refractivity contribution is 5.70. The molecular formula is C11H21NO2. The van der Waals surface area contributed by atoms with E-state index in [9.17, 15) is 4.79 Å². The lowest BCUT2D eigenvalue weighted by Crippen LogP contribution is -2.26. The Labute approximate surface area is 85.7 Å². The molecule has 0 bridgehead atoms.